The van der Waals surface area contributed by atoms with Crippen molar-refractivity contribution < 1.29 is 208 Å². The van der Waals surface area contributed by atoms with Gasteiger partial charge in [-0.3, -0.25) is 19.2 Å². The number of allylic oxidation sites excluding steroid dienone is 3. The number of rotatable bonds is 65. The summed E-state index contributed by atoms with van der Waals surface area (Å²) in [6, 6.07) is -6.87. The maximum Gasteiger partial charge on any atom is 0.364 e. The van der Waals surface area contributed by atoms with Crippen LogP contribution in [-0.2, 0) is 90.3 Å². The van der Waals surface area contributed by atoms with Crippen LogP contribution in [0.5, 0.6) is 0 Å². The van der Waals surface area contributed by atoms with Gasteiger partial charge in [-0.15, -0.1) is 0 Å². The second kappa shape index (κ2) is 63.8. The largest absolute Gasteiger partial charge is 0.477 e. The van der Waals surface area contributed by atoms with E-state index in [4.69, 9.17) is 66.3 Å². The summed E-state index contributed by atoms with van der Waals surface area (Å²) in [5.74, 6) is -8.93. The van der Waals surface area contributed by atoms with Crippen LogP contribution in [0.15, 0.2) is 24.3 Å². The average molecular weight is 2010 g/mol. The van der Waals surface area contributed by atoms with Gasteiger partial charge >= 0.3 is 5.97 Å². The number of hydrogen-bond acceptors (Lipinski definition) is 41. The molecule has 38 atom stereocenters. The van der Waals surface area contributed by atoms with Crippen LogP contribution in [-0.4, -0.2) is 439 Å². The van der Waals surface area contributed by atoms with E-state index in [1.807, 2.05) is 6.08 Å². The molecule has 0 aromatic carbocycles. The van der Waals surface area contributed by atoms with Crippen molar-refractivity contribution >= 4 is 29.6 Å². The van der Waals surface area contributed by atoms with Gasteiger partial charge in [0.2, 0.25) is 23.6 Å². The molecule has 0 aromatic rings. The van der Waals surface area contributed by atoms with Gasteiger partial charge in [0.15, 0.2) is 37.7 Å². The first kappa shape index (κ1) is 121. The van der Waals surface area contributed by atoms with E-state index in [2.05, 4.69) is 47.3 Å². The van der Waals surface area contributed by atoms with Crippen molar-refractivity contribution in [3.8, 4) is 0 Å². The average Bonchev–Trinajstić information content (AvgIpc) is 0.827. The minimum Gasteiger partial charge on any atom is -0.477 e. The van der Waals surface area contributed by atoms with E-state index in [1.165, 1.54) is 122 Å². The van der Waals surface area contributed by atoms with E-state index in [0.29, 0.717) is 12.8 Å². The predicted molar refractivity (Wildman–Crippen MR) is 484 cm³/mol. The fourth-order valence-electron chi connectivity index (χ4n) is 18.5. The highest BCUT2D eigenvalue weighted by molar-refractivity contribution is 5.78. The molecule has 7 heterocycles. The Morgan fingerprint density at radius 3 is 1.12 bits per heavy atom. The second-order valence-electron chi connectivity index (χ2n) is 37.4. The normalized spacial score (nSPS) is 36.1. The fourth-order valence-corrected chi connectivity index (χ4v) is 18.5. The van der Waals surface area contributed by atoms with Crippen molar-refractivity contribution in [1.29, 1.82) is 0 Å². The van der Waals surface area contributed by atoms with Gasteiger partial charge in [0.25, 0.3) is 5.79 Å². The van der Waals surface area contributed by atoms with Crippen LogP contribution >= 0.6 is 0 Å². The van der Waals surface area contributed by atoms with Crippen LogP contribution in [0.4, 0.5) is 0 Å². The molecule has 27 N–H and O–H groups in total. The van der Waals surface area contributed by atoms with Crippen LogP contribution in [0, 0.1) is 0 Å². The summed E-state index contributed by atoms with van der Waals surface area (Å²) in [5, 5.41) is 267. The van der Waals surface area contributed by atoms with Gasteiger partial charge in [-0.25, -0.2) is 4.79 Å². The summed E-state index contributed by atoms with van der Waals surface area (Å²) in [7, 11) is 0. The van der Waals surface area contributed by atoms with E-state index < -0.39 is 322 Å². The second-order valence-corrected chi connectivity index (χ2v) is 37.4. The Labute approximate surface area is 811 Å². The summed E-state index contributed by atoms with van der Waals surface area (Å²) in [6.07, 6.45) is -26.7. The fraction of sp³-hybridized carbons (Fsp3) is 0.903. The van der Waals surface area contributed by atoms with Gasteiger partial charge in [-0.2, -0.15) is 0 Å². The summed E-state index contributed by atoms with van der Waals surface area (Å²) >= 11 is 0. The first-order valence-corrected chi connectivity index (χ1v) is 49.9. The van der Waals surface area contributed by atoms with Crippen molar-refractivity contribution in [3.05, 3.63) is 24.3 Å². The number of aliphatic carboxylic acids is 1. The van der Waals surface area contributed by atoms with E-state index in [1.54, 1.807) is 6.08 Å². The first-order valence-electron chi connectivity index (χ1n) is 49.9. The molecule has 0 aliphatic carbocycles. The number of unbranched alkanes of at least 4 members (excludes halogenated alkanes) is 28. The number of carboxylic acid groups (broad SMARTS) is 1. The molecule has 7 saturated heterocycles. The number of nitrogens with one attached hydrogen (secondary N) is 4. The predicted octanol–water partition coefficient (Wildman–Crippen LogP) is -4.16. The Balaban J connectivity index is 0.986. The third-order valence-corrected chi connectivity index (χ3v) is 26.5. The van der Waals surface area contributed by atoms with Gasteiger partial charge < -0.3 is 205 Å². The Hall–Kier alpha value is -4.61. The molecule has 7 rings (SSSR count). The molecule has 4 amide bonds. The standard InChI is InChI=1S/C93H164N4O42/c1-5-7-9-11-13-15-17-19-20-21-22-23-24-25-26-28-30-32-34-36-38-40-63(111)96-53(54(108)39-37-35-33-31-29-27-18-16-14-12-10-8-6-2)50-126-88-75(120)74(119)81(62(48-104)132-88)135-90-77(122)84(70(115)58(44-100)128-90)137-86-66(94-51(3)106)72(117)79(60(46-102)130-86)133-89-76(121)83(69(114)57(43-99)127-89)136-87-67(95-52(4)107)73(118)80(61(47-103)131-87)134-91-78(123)85(71(116)59(45-101)129-91)139-93(92(124)125)41-55(109)65(97-64(112)49-105)82(138-93)68(113)56(110)42-98/h19-20,37,39,53-62,65-91,98-105,108-110,113-123H,5-18,21-36,38,40-50H2,1-4H3,(H,94,106)(H,95,107)(H,96,111)(H,97,112)(H,124,125)/b20-19-,39-37+/t53-,54+,55?,56+,57?,58?,59?,60?,61?,62?,65+,66?,67?,68+,69-,70-,71-,72+,73+,74+,75?,76?,77?,78?,79+,80+,81+,82?,83-,84-,85-,86-,87-,88+,89-,90-,91-,93-/m0/s1. The zero-order valence-electron chi connectivity index (χ0n) is 80.4. The lowest BCUT2D eigenvalue weighted by Gasteiger charge is -2.51. The van der Waals surface area contributed by atoms with E-state index in [0.717, 1.165) is 78.1 Å². The lowest BCUT2D eigenvalue weighted by molar-refractivity contribution is -0.391. The van der Waals surface area contributed by atoms with E-state index >= 15 is 0 Å². The minimum absolute atomic E-state index is 0.146. The van der Waals surface area contributed by atoms with E-state index in [-0.39, 0.29) is 12.3 Å². The SMILES string of the molecule is CCCCCCCC/C=C\CCCCCCCCCCCCCC(=O)N[C@@H](CO[C@@H]1OC(CO)[C@@H](O[C@@H]2OC(CO)[C@H](O)[C@H](O[C@@H]3OC(CO)[C@@H](O[C@@H]4OC(CO)[C@H](O)[C@H](O[C@@H]5OC(CO)[C@@H](O[C@@H]6OC(CO)[C@H](O)[C@H](O[C@]7(C(=O)O)CC(O)[C@@H](NC(=O)CO)C([C@H](O)[C@H](O)CO)O7)C6O)[C@H](O)C5NC(C)=O)C4O)[C@H](O)C3NC(C)=O)C2O)[C@H](O)C1O)[C@H](O)/C=C/CCCCCCCCCCCCC. The van der Waals surface area contributed by atoms with Gasteiger partial charge in [0.05, 0.1) is 77.1 Å². The van der Waals surface area contributed by atoms with Crippen molar-refractivity contribution in [3.63, 3.8) is 0 Å². The number of hydrogen-bond donors (Lipinski definition) is 27. The van der Waals surface area contributed by atoms with Crippen molar-refractivity contribution in [2.75, 3.05) is 59.5 Å². The molecule has 14 unspecified atom stereocenters. The van der Waals surface area contributed by atoms with E-state index in [9.17, 15) is 141 Å². The highest BCUT2D eigenvalue weighted by Crippen LogP contribution is 2.42. The molecule has 0 spiro atoms. The first-order chi connectivity index (χ1) is 66.7. The lowest BCUT2D eigenvalue weighted by Crippen LogP contribution is -2.71. The van der Waals surface area contributed by atoms with Crippen LogP contribution < -0.4 is 21.3 Å². The Kier molecular flexibility index (Phi) is 55.7. The number of ether oxygens (including phenoxy) is 14. The third-order valence-electron chi connectivity index (χ3n) is 26.5. The molecule has 139 heavy (non-hydrogen) atoms. The quantitative estimate of drug-likeness (QED) is 0.0203. The summed E-state index contributed by atoms with van der Waals surface area (Å²) in [5.41, 5.74) is 0. The Morgan fingerprint density at radius 2 is 0.734 bits per heavy atom. The lowest BCUT2D eigenvalue weighted by atomic mass is 9.88. The zero-order chi connectivity index (χ0) is 102. The molecular weight excluding hydrogens is 1850 g/mol. The summed E-state index contributed by atoms with van der Waals surface area (Å²) in [6.45, 7) is -3.30. The van der Waals surface area contributed by atoms with Crippen LogP contribution in [0.25, 0.3) is 0 Å². The maximum absolute atomic E-state index is 13.6. The summed E-state index contributed by atoms with van der Waals surface area (Å²) in [4.78, 5) is 65.3. The zero-order valence-corrected chi connectivity index (χ0v) is 80.4. The Bertz CT molecular complexity index is 3490. The van der Waals surface area contributed by atoms with Gasteiger partial charge in [0, 0.05) is 26.7 Å². The molecule has 7 fully saturated rings. The number of aliphatic hydroxyl groups excluding tert-OH is 22. The highest BCUT2D eigenvalue weighted by Gasteiger charge is 2.63. The monoisotopic (exact) mass is 2010 g/mol. The highest BCUT2D eigenvalue weighted by atomic mass is 16.8. The minimum atomic E-state index is -3.31. The number of carboxylic acids is 1. The van der Waals surface area contributed by atoms with Crippen molar-refractivity contribution in [2.24, 2.45) is 0 Å². The molecule has 0 aromatic heterocycles. The molecule has 0 bridgehead atoms. The maximum atomic E-state index is 13.6. The molecule has 0 radical (unpaired) electrons. The molecule has 7 aliphatic rings. The molecular formula is C93H164N4O42. The molecule has 7 aliphatic heterocycles. The summed E-state index contributed by atoms with van der Waals surface area (Å²) < 4.78 is 83.0. The van der Waals surface area contributed by atoms with Crippen LogP contribution in [0.3, 0.4) is 0 Å². The van der Waals surface area contributed by atoms with Gasteiger partial charge in [-0.05, 0) is 44.9 Å². The third kappa shape index (κ3) is 36.4. The Morgan fingerprint density at radius 1 is 0.381 bits per heavy atom. The number of amides is 4. The molecule has 0 saturated carbocycles. The van der Waals surface area contributed by atoms with Crippen molar-refractivity contribution in [1.82, 2.24) is 21.3 Å². The van der Waals surface area contributed by atoms with Crippen LogP contribution in [0.2, 0.25) is 0 Å². The topological polar surface area (TPSA) is 728 Å². The van der Waals surface area contributed by atoms with Gasteiger partial charge in [0.1, 0.15) is 171 Å². The number of aliphatic hydroxyl groups is 22. The van der Waals surface area contributed by atoms with Crippen molar-refractivity contribution in [2.45, 2.75) is 472 Å². The smallest absolute Gasteiger partial charge is 0.364 e. The van der Waals surface area contributed by atoms with Gasteiger partial charge in [-0.1, -0.05) is 192 Å². The number of carbonyl (C=O) groups is 5. The molecule has 46 heteroatoms. The molecule has 46 nitrogen and oxygen atoms in total. The van der Waals surface area contributed by atoms with Crippen LogP contribution in [0.1, 0.15) is 240 Å². The molecule has 808 valence electrons. The number of carbonyl (C=O) groups excluding carboxylic acids is 4.